The standard InChI is InChI=1S/C16H19ClFN3OS/c1-2-19-16(20-9-11-4-3-5-12(18)8-11)21-10-13(22)14-6-7-15(17)23-14/h3-8,13,22H,2,9-10H2,1H3,(H2,19,20,21). The maximum atomic E-state index is 13.2. The molecule has 1 aromatic heterocycles. The summed E-state index contributed by atoms with van der Waals surface area (Å²) in [5.74, 6) is 0.291. The highest BCUT2D eigenvalue weighted by Gasteiger charge is 2.10. The molecule has 1 atom stereocenters. The molecule has 1 aromatic carbocycles. The second-order valence-electron chi connectivity index (χ2n) is 4.86. The summed E-state index contributed by atoms with van der Waals surface area (Å²) >= 11 is 7.21. The zero-order valence-electron chi connectivity index (χ0n) is 12.7. The molecule has 0 fully saturated rings. The summed E-state index contributed by atoms with van der Waals surface area (Å²) in [5.41, 5.74) is 0.785. The Morgan fingerprint density at radius 3 is 2.83 bits per heavy atom. The van der Waals surface area contributed by atoms with Crippen LogP contribution in [0.1, 0.15) is 23.5 Å². The van der Waals surface area contributed by atoms with Crippen molar-refractivity contribution in [3.63, 3.8) is 0 Å². The predicted octanol–water partition coefficient (Wildman–Crippen LogP) is 3.33. The fourth-order valence-corrected chi connectivity index (χ4v) is 3.00. The molecule has 3 N–H and O–H groups in total. The van der Waals surface area contributed by atoms with Crippen LogP contribution in [0.3, 0.4) is 0 Å². The van der Waals surface area contributed by atoms with Gasteiger partial charge in [0.05, 0.1) is 10.9 Å². The van der Waals surface area contributed by atoms with Gasteiger partial charge in [0.15, 0.2) is 5.96 Å². The lowest BCUT2D eigenvalue weighted by atomic mass is 10.2. The SMILES string of the molecule is CCNC(=NCc1cccc(F)c1)NCC(O)c1ccc(Cl)s1. The summed E-state index contributed by atoms with van der Waals surface area (Å²) in [6.07, 6.45) is -0.662. The van der Waals surface area contributed by atoms with Gasteiger partial charge in [0.1, 0.15) is 11.9 Å². The zero-order valence-corrected chi connectivity index (χ0v) is 14.3. The third-order valence-electron chi connectivity index (χ3n) is 3.04. The van der Waals surface area contributed by atoms with E-state index in [9.17, 15) is 9.50 Å². The van der Waals surface area contributed by atoms with Crippen LogP contribution in [-0.2, 0) is 6.54 Å². The first-order chi connectivity index (χ1) is 11.1. The first-order valence-electron chi connectivity index (χ1n) is 7.28. The van der Waals surface area contributed by atoms with Gasteiger partial charge < -0.3 is 15.7 Å². The molecule has 1 heterocycles. The number of thiophene rings is 1. The first-order valence-corrected chi connectivity index (χ1v) is 8.48. The van der Waals surface area contributed by atoms with E-state index < -0.39 is 6.10 Å². The van der Waals surface area contributed by atoms with Crippen molar-refractivity contribution in [1.29, 1.82) is 0 Å². The van der Waals surface area contributed by atoms with Gasteiger partial charge >= 0.3 is 0 Å². The van der Waals surface area contributed by atoms with Crippen LogP contribution in [0.2, 0.25) is 4.34 Å². The number of rotatable bonds is 6. The monoisotopic (exact) mass is 355 g/mol. The lowest BCUT2D eigenvalue weighted by Gasteiger charge is -2.14. The molecule has 2 aromatic rings. The average molecular weight is 356 g/mol. The maximum Gasteiger partial charge on any atom is 0.191 e. The van der Waals surface area contributed by atoms with E-state index in [0.717, 1.165) is 10.4 Å². The van der Waals surface area contributed by atoms with Crippen molar-refractivity contribution in [3.8, 4) is 0 Å². The molecular weight excluding hydrogens is 337 g/mol. The molecule has 0 amide bonds. The minimum atomic E-state index is -0.662. The Bertz CT molecular complexity index is 662. The number of nitrogens with one attached hydrogen (secondary N) is 2. The number of aliphatic imine (C=N–C) groups is 1. The predicted molar refractivity (Wildman–Crippen MR) is 93.5 cm³/mol. The van der Waals surface area contributed by atoms with E-state index in [4.69, 9.17) is 11.6 Å². The highest BCUT2D eigenvalue weighted by molar-refractivity contribution is 7.16. The van der Waals surface area contributed by atoms with Gasteiger partial charge in [-0.05, 0) is 36.8 Å². The van der Waals surface area contributed by atoms with Crippen molar-refractivity contribution in [3.05, 3.63) is 57.0 Å². The molecule has 124 valence electrons. The van der Waals surface area contributed by atoms with Gasteiger partial charge in [0.2, 0.25) is 0 Å². The summed E-state index contributed by atoms with van der Waals surface area (Å²) in [6, 6.07) is 9.89. The highest BCUT2D eigenvalue weighted by Crippen LogP contribution is 2.26. The fraction of sp³-hybridized carbons (Fsp3) is 0.312. The van der Waals surface area contributed by atoms with E-state index in [1.165, 1.54) is 23.5 Å². The number of aliphatic hydroxyl groups excluding tert-OH is 1. The van der Waals surface area contributed by atoms with Crippen LogP contribution in [0.15, 0.2) is 41.4 Å². The molecule has 7 heteroatoms. The van der Waals surface area contributed by atoms with E-state index in [-0.39, 0.29) is 5.82 Å². The van der Waals surface area contributed by atoms with E-state index in [1.54, 1.807) is 18.2 Å². The van der Waals surface area contributed by atoms with Gasteiger partial charge in [-0.25, -0.2) is 9.38 Å². The van der Waals surface area contributed by atoms with Crippen molar-refractivity contribution in [1.82, 2.24) is 10.6 Å². The van der Waals surface area contributed by atoms with Crippen LogP contribution >= 0.6 is 22.9 Å². The van der Waals surface area contributed by atoms with Gasteiger partial charge in [0, 0.05) is 18.0 Å². The van der Waals surface area contributed by atoms with Gasteiger partial charge in [0.25, 0.3) is 0 Å². The van der Waals surface area contributed by atoms with Crippen LogP contribution < -0.4 is 10.6 Å². The molecule has 2 rings (SSSR count). The number of nitrogens with zero attached hydrogens (tertiary/aromatic N) is 1. The van der Waals surface area contributed by atoms with Gasteiger partial charge in [-0.15, -0.1) is 11.3 Å². The average Bonchev–Trinajstić information content (AvgIpc) is 2.96. The topological polar surface area (TPSA) is 56.7 Å². The molecule has 0 saturated heterocycles. The lowest BCUT2D eigenvalue weighted by molar-refractivity contribution is 0.184. The van der Waals surface area contributed by atoms with E-state index >= 15 is 0 Å². The maximum absolute atomic E-state index is 13.2. The van der Waals surface area contributed by atoms with Crippen molar-refractivity contribution < 1.29 is 9.50 Å². The quantitative estimate of drug-likeness (QED) is 0.550. The lowest BCUT2D eigenvalue weighted by Crippen LogP contribution is -2.39. The zero-order chi connectivity index (χ0) is 16.7. The molecule has 23 heavy (non-hydrogen) atoms. The Kier molecular flexibility index (Phi) is 6.83. The van der Waals surface area contributed by atoms with Crippen molar-refractivity contribution in [2.24, 2.45) is 4.99 Å². The van der Waals surface area contributed by atoms with Crippen molar-refractivity contribution in [2.75, 3.05) is 13.1 Å². The van der Waals surface area contributed by atoms with E-state index in [1.807, 2.05) is 13.0 Å². The van der Waals surface area contributed by atoms with E-state index in [0.29, 0.717) is 29.9 Å². The van der Waals surface area contributed by atoms with Crippen LogP contribution in [0, 0.1) is 5.82 Å². The summed E-state index contributed by atoms with van der Waals surface area (Å²) in [5, 5.41) is 16.3. The minimum Gasteiger partial charge on any atom is -0.386 e. The molecule has 0 aliphatic rings. The normalized spacial score (nSPS) is 13.0. The summed E-state index contributed by atoms with van der Waals surface area (Å²) in [6.45, 7) is 3.31. The minimum absolute atomic E-state index is 0.277. The first kappa shape index (κ1) is 17.7. The number of hydrogen-bond donors (Lipinski definition) is 3. The molecule has 0 bridgehead atoms. The second-order valence-corrected chi connectivity index (χ2v) is 6.61. The Balaban J connectivity index is 1.93. The molecule has 0 radical (unpaired) electrons. The number of benzene rings is 1. The Hall–Kier alpha value is -1.63. The Morgan fingerprint density at radius 2 is 2.17 bits per heavy atom. The van der Waals surface area contributed by atoms with Gasteiger partial charge in [-0.3, -0.25) is 0 Å². The molecule has 1 unspecified atom stereocenters. The smallest absolute Gasteiger partial charge is 0.191 e. The third kappa shape index (κ3) is 5.82. The fourth-order valence-electron chi connectivity index (χ4n) is 1.95. The van der Waals surface area contributed by atoms with Crippen LogP contribution in [-0.4, -0.2) is 24.2 Å². The molecule has 0 aliphatic carbocycles. The van der Waals surface area contributed by atoms with Gasteiger partial charge in [-0.2, -0.15) is 0 Å². The van der Waals surface area contributed by atoms with Crippen LogP contribution in [0.25, 0.3) is 0 Å². The number of guanidine groups is 1. The highest BCUT2D eigenvalue weighted by atomic mass is 35.5. The van der Waals surface area contributed by atoms with Crippen molar-refractivity contribution >= 4 is 28.9 Å². The summed E-state index contributed by atoms with van der Waals surface area (Å²) < 4.78 is 13.8. The summed E-state index contributed by atoms with van der Waals surface area (Å²) in [7, 11) is 0. The Labute approximate surface area is 144 Å². The molecule has 0 aliphatic heterocycles. The number of hydrogen-bond acceptors (Lipinski definition) is 3. The molecular formula is C16H19ClFN3OS. The number of aliphatic hydroxyl groups is 1. The van der Waals surface area contributed by atoms with Gasteiger partial charge in [-0.1, -0.05) is 23.7 Å². The summed E-state index contributed by atoms with van der Waals surface area (Å²) in [4.78, 5) is 5.18. The van der Waals surface area contributed by atoms with E-state index in [2.05, 4.69) is 15.6 Å². The largest absolute Gasteiger partial charge is 0.386 e. The second kappa shape index (κ2) is 8.86. The van der Waals surface area contributed by atoms with Crippen LogP contribution in [0.5, 0.6) is 0 Å². The number of halogens is 2. The van der Waals surface area contributed by atoms with Crippen LogP contribution in [0.4, 0.5) is 4.39 Å². The Morgan fingerprint density at radius 1 is 1.35 bits per heavy atom. The molecule has 0 saturated carbocycles. The molecule has 4 nitrogen and oxygen atoms in total. The third-order valence-corrected chi connectivity index (χ3v) is 4.37. The van der Waals surface area contributed by atoms with Crippen molar-refractivity contribution in [2.45, 2.75) is 19.6 Å². The molecule has 0 spiro atoms.